The van der Waals surface area contributed by atoms with Crippen LogP contribution < -0.4 is 11.1 Å². The van der Waals surface area contributed by atoms with Gasteiger partial charge < -0.3 is 11.1 Å². The number of nitrogens with two attached hydrogens (primary N) is 1. The van der Waals surface area contributed by atoms with Crippen molar-refractivity contribution in [2.24, 2.45) is 5.73 Å². The molecule has 1 unspecified atom stereocenters. The highest BCUT2D eigenvalue weighted by Gasteiger charge is 2.30. The summed E-state index contributed by atoms with van der Waals surface area (Å²) in [4.78, 5) is 12.5. The van der Waals surface area contributed by atoms with E-state index in [1.807, 2.05) is 0 Å². The second-order valence-corrected chi connectivity index (χ2v) is 10.0. The quantitative estimate of drug-likeness (QED) is 0.217. The molecule has 0 radical (unpaired) electrons. The Morgan fingerprint density at radius 1 is 0.943 bits per heavy atom. The van der Waals surface area contributed by atoms with Gasteiger partial charge in [0, 0.05) is 22.6 Å². The van der Waals surface area contributed by atoms with Gasteiger partial charge in [-0.15, -0.1) is 0 Å². The minimum absolute atomic E-state index is 0.129. The molecular weight excluding hydrogens is 517 g/mol. The lowest BCUT2D eigenvalue weighted by molar-refractivity contribution is -0.137. The van der Waals surface area contributed by atoms with Crippen LogP contribution in [0.5, 0.6) is 0 Å². The summed E-state index contributed by atoms with van der Waals surface area (Å²) in [6.45, 7) is 2.88. The Hall–Kier alpha value is -1.86. The van der Waals surface area contributed by atoms with E-state index in [-0.39, 0.29) is 5.91 Å². The van der Waals surface area contributed by atoms with Gasteiger partial charge in [-0.1, -0.05) is 98.8 Å². The lowest BCUT2D eigenvalue weighted by Crippen LogP contribution is -2.24. The van der Waals surface area contributed by atoms with Crippen LogP contribution in [0.15, 0.2) is 46.9 Å². The smallest absolute Gasteiger partial charge is 0.352 e. The standard InChI is InChI=1S/C28H38BrF3N2O/c1-2-3-4-5-6-7-8-9-10-11-17-34-27(35)23-16-15-21(25(29)19-23)20-26(33)22-13-12-14-24(18-22)28(30,31)32/h12-16,18-19,26H,2-11,17,20,33H2,1H3,(H,34,35). The molecule has 3 nitrogen and oxygen atoms in total. The molecule has 194 valence electrons. The third kappa shape index (κ3) is 10.7. The van der Waals surface area contributed by atoms with Crippen LogP contribution >= 0.6 is 15.9 Å². The minimum atomic E-state index is -4.40. The summed E-state index contributed by atoms with van der Waals surface area (Å²) in [7, 11) is 0. The zero-order valence-corrected chi connectivity index (χ0v) is 22.2. The first kappa shape index (κ1) is 29.4. The van der Waals surface area contributed by atoms with E-state index in [1.54, 1.807) is 24.3 Å². The van der Waals surface area contributed by atoms with E-state index < -0.39 is 17.8 Å². The predicted octanol–water partition coefficient (Wildman–Crippen LogP) is 8.36. The molecule has 0 aliphatic carbocycles. The maximum absolute atomic E-state index is 13.0. The first-order valence-corrected chi connectivity index (χ1v) is 13.5. The largest absolute Gasteiger partial charge is 0.416 e. The molecule has 1 atom stereocenters. The van der Waals surface area contributed by atoms with E-state index in [0.717, 1.165) is 30.5 Å². The number of unbranched alkanes of at least 4 members (excludes halogenated alkanes) is 9. The molecular formula is C28H38BrF3N2O. The molecule has 0 saturated heterocycles. The SMILES string of the molecule is CCCCCCCCCCCCNC(=O)c1ccc(CC(N)c2cccc(C(F)(F)F)c2)c(Br)c1. The lowest BCUT2D eigenvalue weighted by Gasteiger charge is -2.16. The third-order valence-corrected chi connectivity index (χ3v) is 6.95. The first-order chi connectivity index (χ1) is 16.7. The highest BCUT2D eigenvalue weighted by molar-refractivity contribution is 9.10. The van der Waals surface area contributed by atoms with Gasteiger partial charge in [0.1, 0.15) is 0 Å². The molecule has 2 aromatic carbocycles. The van der Waals surface area contributed by atoms with Crippen LogP contribution in [0.3, 0.4) is 0 Å². The zero-order chi connectivity index (χ0) is 25.7. The molecule has 2 aromatic rings. The fraction of sp³-hybridized carbons (Fsp3) is 0.536. The second-order valence-electron chi connectivity index (χ2n) is 9.18. The van der Waals surface area contributed by atoms with Crippen molar-refractivity contribution in [2.45, 2.75) is 89.8 Å². The summed E-state index contributed by atoms with van der Waals surface area (Å²) in [5.41, 5.74) is 7.28. The fourth-order valence-electron chi connectivity index (χ4n) is 4.07. The molecule has 0 aromatic heterocycles. The van der Waals surface area contributed by atoms with Crippen molar-refractivity contribution in [3.8, 4) is 0 Å². The Morgan fingerprint density at radius 3 is 2.17 bits per heavy atom. The molecule has 0 spiro atoms. The number of hydrogen-bond acceptors (Lipinski definition) is 2. The minimum Gasteiger partial charge on any atom is -0.352 e. The summed E-state index contributed by atoms with van der Waals surface area (Å²) in [5.74, 6) is -0.129. The van der Waals surface area contributed by atoms with E-state index in [1.165, 1.54) is 57.4 Å². The van der Waals surface area contributed by atoms with Gasteiger partial charge in [-0.2, -0.15) is 13.2 Å². The molecule has 0 heterocycles. The number of carbonyl (C=O) groups excluding carboxylic acids is 1. The van der Waals surface area contributed by atoms with Crippen molar-refractivity contribution >= 4 is 21.8 Å². The Balaban J connectivity index is 1.74. The summed E-state index contributed by atoms with van der Waals surface area (Å²) >= 11 is 3.48. The highest BCUT2D eigenvalue weighted by atomic mass is 79.9. The van der Waals surface area contributed by atoms with Crippen molar-refractivity contribution < 1.29 is 18.0 Å². The Labute approximate surface area is 216 Å². The van der Waals surface area contributed by atoms with Crippen LogP contribution in [0.2, 0.25) is 0 Å². The first-order valence-electron chi connectivity index (χ1n) is 12.7. The number of rotatable bonds is 15. The molecule has 0 fully saturated rings. The molecule has 3 N–H and O–H groups in total. The van der Waals surface area contributed by atoms with Crippen LogP contribution in [0, 0.1) is 0 Å². The molecule has 35 heavy (non-hydrogen) atoms. The van der Waals surface area contributed by atoms with Gasteiger partial charge in [0.25, 0.3) is 5.91 Å². The van der Waals surface area contributed by atoms with Crippen molar-refractivity contribution in [2.75, 3.05) is 6.54 Å². The average Bonchev–Trinajstić information content (AvgIpc) is 2.83. The number of carbonyl (C=O) groups is 1. The number of halogens is 4. The normalized spacial score (nSPS) is 12.5. The summed E-state index contributed by atoms with van der Waals surface area (Å²) in [6.07, 6.45) is 8.43. The van der Waals surface area contributed by atoms with Gasteiger partial charge in [0.05, 0.1) is 5.56 Å². The Morgan fingerprint density at radius 2 is 1.57 bits per heavy atom. The monoisotopic (exact) mass is 554 g/mol. The van der Waals surface area contributed by atoms with E-state index in [2.05, 4.69) is 28.2 Å². The van der Waals surface area contributed by atoms with Gasteiger partial charge in [-0.25, -0.2) is 0 Å². The molecule has 0 aliphatic rings. The number of benzene rings is 2. The fourth-order valence-corrected chi connectivity index (χ4v) is 4.61. The number of amides is 1. The summed E-state index contributed by atoms with van der Waals surface area (Å²) < 4.78 is 39.7. The molecule has 2 rings (SSSR count). The molecule has 0 saturated carbocycles. The van der Waals surface area contributed by atoms with Gasteiger partial charge in [0.2, 0.25) is 0 Å². The van der Waals surface area contributed by atoms with Crippen molar-refractivity contribution in [1.29, 1.82) is 0 Å². The summed E-state index contributed by atoms with van der Waals surface area (Å²) in [5, 5.41) is 2.97. The zero-order valence-electron chi connectivity index (χ0n) is 20.6. The number of alkyl halides is 3. The average molecular weight is 556 g/mol. The van der Waals surface area contributed by atoms with Crippen LogP contribution in [0.1, 0.15) is 104 Å². The van der Waals surface area contributed by atoms with E-state index in [9.17, 15) is 18.0 Å². The van der Waals surface area contributed by atoms with Crippen LogP contribution in [-0.4, -0.2) is 12.5 Å². The number of hydrogen-bond donors (Lipinski definition) is 2. The van der Waals surface area contributed by atoms with E-state index >= 15 is 0 Å². The summed E-state index contributed by atoms with van der Waals surface area (Å²) in [6, 6.07) is 9.77. The van der Waals surface area contributed by atoms with Crippen molar-refractivity contribution in [3.63, 3.8) is 0 Å². The molecule has 1 amide bonds. The molecule has 0 aliphatic heterocycles. The third-order valence-electron chi connectivity index (χ3n) is 6.21. The van der Waals surface area contributed by atoms with Gasteiger partial charge >= 0.3 is 6.18 Å². The predicted molar refractivity (Wildman–Crippen MR) is 140 cm³/mol. The van der Waals surface area contributed by atoms with Gasteiger partial charge in [-0.05, 0) is 48.2 Å². The second kappa shape index (κ2) is 15.3. The van der Waals surface area contributed by atoms with Crippen LogP contribution in [-0.2, 0) is 12.6 Å². The van der Waals surface area contributed by atoms with E-state index in [4.69, 9.17) is 5.73 Å². The van der Waals surface area contributed by atoms with E-state index in [0.29, 0.717) is 28.6 Å². The Bertz CT molecular complexity index is 917. The van der Waals surface area contributed by atoms with Gasteiger partial charge in [0.15, 0.2) is 0 Å². The van der Waals surface area contributed by atoms with Crippen molar-refractivity contribution in [1.82, 2.24) is 5.32 Å². The maximum atomic E-state index is 13.0. The topological polar surface area (TPSA) is 55.1 Å². The number of nitrogens with one attached hydrogen (secondary N) is 1. The molecule has 0 bridgehead atoms. The maximum Gasteiger partial charge on any atom is 0.416 e. The van der Waals surface area contributed by atoms with Crippen molar-refractivity contribution in [3.05, 3.63) is 69.2 Å². The van der Waals surface area contributed by atoms with Crippen LogP contribution in [0.4, 0.5) is 13.2 Å². The Kier molecular flexibility index (Phi) is 12.8. The highest BCUT2D eigenvalue weighted by Crippen LogP contribution is 2.31. The molecule has 7 heteroatoms. The lowest BCUT2D eigenvalue weighted by atomic mass is 9.97. The van der Waals surface area contributed by atoms with Crippen LogP contribution in [0.25, 0.3) is 0 Å². The van der Waals surface area contributed by atoms with Gasteiger partial charge in [-0.3, -0.25) is 4.79 Å².